The molecule has 1 amide bonds. The first-order valence-electron chi connectivity index (χ1n) is 12.0. The molecule has 1 fully saturated rings. The average molecular weight is 484 g/mol. The van der Waals surface area contributed by atoms with Crippen LogP contribution in [0.2, 0.25) is 0 Å². The fourth-order valence-corrected chi connectivity index (χ4v) is 5.89. The van der Waals surface area contributed by atoms with Gasteiger partial charge in [0.2, 0.25) is 5.91 Å². The molecule has 1 heterocycles. The zero-order valence-electron chi connectivity index (χ0n) is 19.6. The smallest absolute Gasteiger partial charge is 0.228 e. The Hall–Kier alpha value is -2.80. The number of anilines is 1. The van der Waals surface area contributed by atoms with Crippen LogP contribution in [-0.4, -0.2) is 37.5 Å². The molecule has 182 valence electrons. The molecule has 4 rings (SSSR count). The lowest BCUT2D eigenvalue weighted by atomic mass is 9.90. The lowest BCUT2D eigenvalue weighted by Gasteiger charge is -2.24. The minimum absolute atomic E-state index is 0.0804. The van der Waals surface area contributed by atoms with Crippen molar-refractivity contribution in [3.63, 3.8) is 0 Å². The van der Waals surface area contributed by atoms with E-state index in [-0.39, 0.29) is 35.0 Å². The molecule has 1 aliphatic heterocycles. The third kappa shape index (κ3) is 6.63. The average Bonchev–Trinajstić information content (AvgIpc) is 3.63. The molecular formula is C27H33NO5S. The van der Waals surface area contributed by atoms with Gasteiger partial charge < -0.3 is 15.2 Å². The van der Waals surface area contributed by atoms with Crippen LogP contribution in [0.5, 0.6) is 11.5 Å². The van der Waals surface area contributed by atoms with E-state index >= 15 is 0 Å². The number of allylic oxidation sites excluding steroid dienone is 2. The van der Waals surface area contributed by atoms with E-state index in [1.54, 1.807) is 12.1 Å². The van der Waals surface area contributed by atoms with Gasteiger partial charge >= 0.3 is 0 Å². The summed E-state index contributed by atoms with van der Waals surface area (Å²) in [5.41, 5.74) is 2.38. The molecule has 1 aliphatic carbocycles. The monoisotopic (exact) mass is 483 g/mol. The molecule has 2 aromatic rings. The Kier molecular flexibility index (Phi) is 7.61. The van der Waals surface area contributed by atoms with Crippen LogP contribution in [0.1, 0.15) is 49.7 Å². The fraction of sp³-hybridized carbons (Fsp3) is 0.444. The van der Waals surface area contributed by atoms with Crippen LogP contribution in [0.15, 0.2) is 54.6 Å². The van der Waals surface area contributed by atoms with E-state index in [1.807, 2.05) is 49.4 Å². The molecule has 0 bridgehead atoms. The summed E-state index contributed by atoms with van der Waals surface area (Å²) in [5, 5.41) is 12.7. The third-order valence-electron chi connectivity index (χ3n) is 6.51. The maximum Gasteiger partial charge on any atom is 0.228 e. The second-order valence-corrected chi connectivity index (χ2v) is 11.8. The van der Waals surface area contributed by atoms with Crippen molar-refractivity contribution in [1.29, 1.82) is 0 Å². The Morgan fingerprint density at radius 1 is 1.18 bits per heavy atom. The zero-order chi connectivity index (χ0) is 24.1. The topological polar surface area (TPSA) is 92.7 Å². The number of ether oxygens (including phenoxy) is 1. The Balaban J connectivity index is 1.23. The highest BCUT2D eigenvalue weighted by Crippen LogP contribution is 2.34. The summed E-state index contributed by atoms with van der Waals surface area (Å²) in [7, 11) is -3.22. The molecule has 0 aromatic heterocycles. The Labute approximate surface area is 202 Å². The number of phenols is 1. The Morgan fingerprint density at radius 3 is 2.76 bits per heavy atom. The molecule has 2 atom stereocenters. The molecule has 0 spiro atoms. The molecule has 0 saturated heterocycles. The van der Waals surface area contributed by atoms with Crippen LogP contribution in [-0.2, 0) is 21.1 Å². The number of hydrogen-bond acceptors (Lipinski definition) is 5. The van der Waals surface area contributed by atoms with Gasteiger partial charge in [0.15, 0.2) is 9.84 Å². The molecule has 2 N–H and O–H groups in total. The number of amides is 1. The first kappa shape index (κ1) is 24.3. The van der Waals surface area contributed by atoms with Crippen LogP contribution in [0, 0.1) is 11.8 Å². The number of carbonyl (C=O) groups excluding carboxylic acids is 1. The van der Waals surface area contributed by atoms with E-state index in [2.05, 4.69) is 5.32 Å². The van der Waals surface area contributed by atoms with Gasteiger partial charge in [-0.2, -0.15) is 0 Å². The molecule has 1 saturated carbocycles. The van der Waals surface area contributed by atoms with Crippen molar-refractivity contribution in [3.8, 4) is 11.5 Å². The number of aromatic hydroxyl groups is 1. The number of nitrogens with one attached hydrogen (secondary N) is 1. The predicted molar refractivity (Wildman–Crippen MR) is 134 cm³/mol. The second kappa shape index (κ2) is 10.6. The van der Waals surface area contributed by atoms with Gasteiger partial charge in [0.25, 0.3) is 0 Å². The Bertz CT molecular complexity index is 1150. The maximum atomic E-state index is 12.7. The number of carbonyl (C=O) groups is 1. The van der Waals surface area contributed by atoms with Crippen molar-refractivity contribution in [2.24, 2.45) is 11.8 Å². The van der Waals surface area contributed by atoms with E-state index < -0.39 is 9.84 Å². The van der Waals surface area contributed by atoms with Gasteiger partial charge in [-0.15, -0.1) is 0 Å². The van der Waals surface area contributed by atoms with E-state index in [0.717, 1.165) is 23.5 Å². The molecule has 34 heavy (non-hydrogen) atoms. The summed E-state index contributed by atoms with van der Waals surface area (Å²) in [5.74, 6) is 1.28. The standard InChI is InChI=1S/C27H33NO5S/c1-19(21-8-5-10-24(16-21)33-17-20-12-13-20)18-34(31,32)14-4-2-3-7-23-15-22-9-6-11-25(29)26(22)28-27(23)30/h2-3,5-6,8-11,16,19-20,23,29H,4,7,12-15,17-18H2,1H3,(H,28,30)/b3-2+/t19-,23?/m0/s1. The van der Waals surface area contributed by atoms with Crippen LogP contribution < -0.4 is 10.1 Å². The third-order valence-corrected chi connectivity index (χ3v) is 8.38. The van der Waals surface area contributed by atoms with Crippen molar-refractivity contribution in [3.05, 3.63) is 65.7 Å². The largest absolute Gasteiger partial charge is 0.506 e. The minimum Gasteiger partial charge on any atom is -0.506 e. The van der Waals surface area contributed by atoms with Gasteiger partial charge in [0.1, 0.15) is 11.5 Å². The lowest BCUT2D eigenvalue weighted by Crippen LogP contribution is -2.29. The normalized spacial score (nSPS) is 19.0. The van der Waals surface area contributed by atoms with Gasteiger partial charge in [-0.25, -0.2) is 8.42 Å². The van der Waals surface area contributed by atoms with Crippen LogP contribution in [0.3, 0.4) is 0 Å². The molecule has 0 radical (unpaired) electrons. The van der Waals surface area contributed by atoms with Crippen molar-refractivity contribution >= 4 is 21.4 Å². The predicted octanol–water partition coefficient (Wildman–Crippen LogP) is 4.85. The van der Waals surface area contributed by atoms with Crippen molar-refractivity contribution in [2.45, 2.75) is 44.9 Å². The van der Waals surface area contributed by atoms with E-state index in [1.165, 1.54) is 12.8 Å². The number of sulfone groups is 1. The Morgan fingerprint density at radius 2 is 1.97 bits per heavy atom. The fourth-order valence-electron chi connectivity index (χ4n) is 4.27. The highest BCUT2D eigenvalue weighted by Gasteiger charge is 2.26. The van der Waals surface area contributed by atoms with Gasteiger partial charge in [0, 0.05) is 5.92 Å². The van der Waals surface area contributed by atoms with Gasteiger partial charge in [-0.05, 0) is 73.3 Å². The minimum atomic E-state index is -3.22. The first-order valence-corrected chi connectivity index (χ1v) is 13.8. The van der Waals surface area contributed by atoms with Gasteiger partial charge in [0.05, 0.1) is 23.8 Å². The van der Waals surface area contributed by atoms with Crippen molar-refractivity contribution < 1.29 is 23.1 Å². The quantitative estimate of drug-likeness (QED) is 0.352. The highest BCUT2D eigenvalue weighted by atomic mass is 32.2. The highest BCUT2D eigenvalue weighted by molar-refractivity contribution is 7.91. The summed E-state index contributed by atoms with van der Waals surface area (Å²) >= 11 is 0. The SMILES string of the molecule is C[C@@H](CS(=O)(=O)CC/C=C/CC1Cc2cccc(O)c2NC1=O)c1cccc(OCC2CC2)c1. The summed E-state index contributed by atoms with van der Waals surface area (Å²) in [6, 6.07) is 13.0. The molecule has 2 aliphatic rings. The molecular weight excluding hydrogens is 450 g/mol. The number of phenolic OH excluding ortho intramolecular Hbond substituents is 1. The van der Waals surface area contributed by atoms with Crippen LogP contribution >= 0.6 is 0 Å². The van der Waals surface area contributed by atoms with E-state index in [0.29, 0.717) is 30.9 Å². The second-order valence-electron chi connectivity index (χ2n) is 9.54. The van der Waals surface area contributed by atoms with E-state index in [4.69, 9.17) is 4.74 Å². The van der Waals surface area contributed by atoms with Crippen LogP contribution in [0.25, 0.3) is 0 Å². The number of benzene rings is 2. The number of fused-ring (bicyclic) bond motifs is 1. The summed E-state index contributed by atoms with van der Waals surface area (Å²) in [6.45, 7) is 2.67. The molecule has 7 heteroatoms. The molecule has 6 nitrogen and oxygen atoms in total. The lowest BCUT2D eigenvalue weighted by molar-refractivity contribution is -0.120. The number of para-hydroxylation sites is 1. The summed E-state index contributed by atoms with van der Waals surface area (Å²) in [6.07, 6.45) is 7.71. The maximum absolute atomic E-state index is 12.7. The first-order chi connectivity index (χ1) is 16.3. The molecule has 1 unspecified atom stereocenters. The van der Waals surface area contributed by atoms with Crippen LogP contribution in [0.4, 0.5) is 5.69 Å². The number of hydrogen-bond donors (Lipinski definition) is 2. The van der Waals surface area contributed by atoms with Crippen molar-refractivity contribution in [1.82, 2.24) is 0 Å². The van der Waals surface area contributed by atoms with Gasteiger partial charge in [-0.1, -0.05) is 43.3 Å². The van der Waals surface area contributed by atoms with Gasteiger partial charge in [-0.3, -0.25) is 4.79 Å². The summed E-state index contributed by atoms with van der Waals surface area (Å²) < 4.78 is 31.1. The summed E-state index contributed by atoms with van der Waals surface area (Å²) in [4.78, 5) is 12.3. The number of rotatable bonds is 11. The van der Waals surface area contributed by atoms with E-state index in [9.17, 15) is 18.3 Å². The molecule has 2 aromatic carbocycles. The zero-order valence-corrected chi connectivity index (χ0v) is 20.4. The van der Waals surface area contributed by atoms with Crippen molar-refractivity contribution in [2.75, 3.05) is 23.4 Å².